The summed E-state index contributed by atoms with van der Waals surface area (Å²) in [5, 5.41) is 11.1. The van der Waals surface area contributed by atoms with Crippen LogP contribution in [0.25, 0.3) is 0 Å². The lowest BCUT2D eigenvalue weighted by Crippen LogP contribution is -2.32. The van der Waals surface area contributed by atoms with Gasteiger partial charge >= 0.3 is 11.9 Å². The van der Waals surface area contributed by atoms with Gasteiger partial charge in [0.15, 0.2) is 23.0 Å². The third-order valence-electron chi connectivity index (χ3n) is 10.4. The van der Waals surface area contributed by atoms with Crippen LogP contribution in [0.2, 0.25) is 0 Å². The van der Waals surface area contributed by atoms with Crippen LogP contribution in [-0.4, -0.2) is 126 Å². The predicted molar refractivity (Wildman–Crippen MR) is 217 cm³/mol. The van der Waals surface area contributed by atoms with Crippen molar-refractivity contribution < 1.29 is 57.1 Å². The van der Waals surface area contributed by atoms with E-state index in [1.165, 1.54) is 40.6 Å². The van der Waals surface area contributed by atoms with Gasteiger partial charge in [-0.1, -0.05) is 6.92 Å². The second-order valence-corrected chi connectivity index (χ2v) is 14.3. The number of methoxy groups -OCH3 is 4. The summed E-state index contributed by atoms with van der Waals surface area (Å²) in [4.78, 5) is 41.6. The number of carbonyl (C=O) groups is 2. The molecule has 16 heteroatoms. The lowest BCUT2D eigenvalue weighted by molar-refractivity contribution is -0.384. The summed E-state index contributed by atoms with van der Waals surface area (Å²) in [6.07, 6.45) is 5.23. The van der Waals surface area contributed by atoms with Crippen LogP contribution >= 0.6 is 0 Å². The topological polar surface area (TPSA) is 167 Å². The number of nitro groups is 1. The van der Waals surface area contributed by atoms with Gasteiger partial charge in [-0.05, 0) is 93.6 Å². The molecule has 0 N–H and O–H groups in total. The van der Waals surface area contributed by atoms with Crippen molar-refractivity contribution in [1.82, 2.24) is 9.80 Å². The van der Waals surface area contributed by atoms with Crippen LogP contribution in [0, 0.1) is 10.1 Å². The Balaban J connectivity index is 1.09. The smallest absolute Gasteiger partial charge is 0.338 e. The number of non-ortho nitro benzene ring substituents is 1. The third kappa shape index (κ3) is 12.8. The summed E-state index contributed by atoms with van der Waals surface area (Å²) in [5.74, 6) is 1.13. The number of nitro benzene ring substituents is 1. The van der Waals surface area contributed by atoms with Crippen LogP contribution in [0.3, 0.4) is 0 Å². The van der Waals surface area contributed by atoms with Gasteiger partial charge in [-0.3, -0.25) is 10.1 Å². The molecule has 0 bridgehead atoms. The molecule has 0 aromatic heterocycles. The van der Waals surface area contributed by atoms with Gasteiger partial charge in [0.2, 0.25) is 11.5 Å². The minimum absolute atomic E-state index is 0.0211. The third-order valence-corrected chi connectivity index (χ3v) is 10.4. The van der Waals surface area contributed by atoms with E-state index in [4.69, 9.17) is 42.6 Å². The Morgan fingerprint density at radius 1 is 0.712 bits per heavy atom. The molecular formula is C43H57N3O13. The number of rotatable bonds is 22. The number of benzene rings is 3. The summed E-state index contributed by atoms with van der Waals surface area (Å²) in [5.41, 5.74) is 1.25. The maximum absolute atomic E-state index is 13.4. The fourth-order valence-electron chi connectivity index (χ4n) is 7.11. The number of esters is 2. The molecule has 0 aliphatic carbocycles. The highest BCUT2D eigenvalue weighted by Crippen LogP contribution is 2.40. The van der Waals surface area contributed by atoms with E-state index in [0.717, 1.165) is 65.0 Å². The average Bonchev–Trinajstić information content (AvgIpc) is 3.61. The van der Waals surface area contributed by atoms with Crippen molar-refractivity contribution in [1.29, 1.82) is 0 Å². The van der Waals surface area contributed by atoms with Crippen molar-refractivity contribution in [2.75, 3.05) is 87.5 Å². The monoisotopic (exact) mass is 823 g/mol. The molecule has 2 heterocycles. The van der Waals surface area contributed by atoms with Gasteiger partial charge in [0.05, 0.1) is 69.9 Å². The van der Waals surface area contributed by atoms with Crippen LogP contribution in [0.4, 0.5) is 5.69 Å². The quantitative estimate of drug-likeness (QED) is 0.0476. The normalized spacial score (nSPS) is 17.1. The molecule has 2 aliphatic rings. The Labute approximate surface area is 345 Å². The van der Waals surface area contributed by atoms with E-state index in [1.807, 2.05) is 0 Å². The maximum Gasteiger partial charge on any atom is 0.338 e. The molecule has 2 aliphatic heterocycles. The summed E-state index contributed by atoms with van der Waals surface area (Å²) in [7, 11) is 6.00. The van der Waals surface area contributed by atoms with Crippen LogP contribution in [0.1, 0.15) is 71.7 Å². The molecule has 2 unspecified atom stereocenters. The van der Waals surface area contributed by atoms with Gasteiger partial charge in [-0.2, -0.15) is 0 Å². The maximum atomic E-state index is 13.4. The first-order valence-corrected chi connectivity index (χ1v) is 20.1. The number of ether oxygens (including phenoxy) is 9. The second-order valence-electron chi connectivity index (χ2n) is 14.3. The zero-order valence-corrected chi connectivity index (χ0v) is 34.7. The van der Waals surface area contributed by atoms with Crippen LogP contribution < -0.4 is 28.4 Å². The first kappa shape index (κ1) is 44.8. The highest BCUT2D eigenvalue weighted by Gasteiger charge is 2.26. The highest BCUT2D eigenvalue weighted by atomic mass is 16.6. The lowest BCUT2D eigenvalue weighted by Gasteiger charge is -2.21. The van der Waals surface area contributed by atoms with Gasteiger partial charge in [-0.25, -0.2) is 9.59 Å². The zero-order chi connectivity index (χ0) is 42.1. The molecule has 16 nitrogen and oxygen atoms in total. The lowest BCUT2D eigenvalue weighted by atomic mass is 10.1. The molecule has 0 amide bonds. The molecule has 0 saturated carbocycles. The van der Waals surface area contributed by atoms with Gasteiger partial charge < -0.3 is 52.4 Å². The minimum Gasteiger partial charge on any atom is -0.493 e. The van der Waals surface area contributed by atoms with Gasteiger partial charge in [0.25, 0.3) is 5.69 Å². The second kappa shape index (κ2) is 22.7. The average molecular weight is 824 g/mol. The fourth-order valence-corrected chi connectivity index (χ4v) is 7.11. The molecule has 322 valence electrons. The van der Waals surface area contributed by atoms with Gasteiger partial charge in [-0.15, -0.1) is 0 Å². The Morgan fingerprint density at radius 3 is 1.71 bits per heavy atom. The molecule has 0 radical (unpaired) electrons. The summed E-state index contributed by atoms with van der Waals surface area (Å²) in [6.45, 7) is 8.15. The van der Waals surface area contributed by atoms with E-state index in [1.54, 1.807) is 36.4 Å². The Hall–Kier alpha value is -5.32. The van der Waals surface area contributed by atoms with Gasteiger partial charge in [0, 0.05) is 38.3 Å². The molecule has 5 rings (SSSR count). The molecule has 2 atom stereocenters. The van der Waals surface area contributed by atoms with Crippen molar-refractivity contribution in [2.45, 2.75) is 64.3 Å². The molecular weight excluding hydrogens is 766 g/mol. The zero-order valence-electron chi connectivity index (χ0n) is 34.7. The van der Waals surface area contributed by atoms with Crippen LogP contribution in [0.15, 0.2) is 48.5 Å². The van der Waals surface area contributed by atoms with E-state index in [9.17, 15) is 19.7 Å². The number of hydrogen-bond acceptors (Lipinski definition) is 15. The number of hydrogen-bond donors (Lipinski definition) is 0. The van der Waals surface area contributed by atoms with Crippen molar-refractivity contribution >= 4 is 17.6 Å². The predicted octanol–water partition coefficient (Wildman–Crippen LogP) is 6.35. The molecule has 59 heavy (non-hydrogen) atoms. The van der Waals surface area contributed by atoms with Crippen molar-refractivity contribution in [3.63, 3.8) is 0 Å². The molecule has 2 saturated heterocycles. The standard InChI is InChI=1S/C43H57N3O13/c1-6-34-14-15-35(59-34)29-58-39-27-32(26-38(41(39)54-5)57-28-30-10-12-33(13-11-30)46(49)50)43(48)56-23-9-19-45-17-7-16-44(20-21-45)18-8-22-55-42(47)31-24-36(51-2)40(53-4)37(25-31)52-3/h10-13,24-27,34-35H,6-9,14-23,28-29H2,1-5H3. The van der Waals surface area contributed by atoms with E-state index >= 15 is 0 Å². The van der Waals surface area contributed by atoms with Crippen molar-refractivity contribution in [2.24, 2.45) is 0 Å². The molecule has 3 aromatic rings. The van der Waals surface area contributed by atoms with E-state index in [0.29, 0.717) is 52.7 Å². The number of nitrogens with zero attached hydrogens (tertiary/aromatic N) is 3. The summed E-state index contributed by atoms with van der Waals surface area (Å²) in [6, 6.07) is 12.4. The largest absolute Gasteiger partial charge is 0.493 e. The minimum atomic E-state index is -0.520. The first-order valence-electron chi connectivity index (χ1n) is 20.1. The van der Waals surface area contributed by atoms with E-state index in [-0.39, 0.29) is 55.6 Å². The van der Waals surface area contributed by atoms with Crippen molar-refractivity contribution in [3.05, 3.63) is 75.3 Å². The number of carbonyl (C=O) groups excluding carboxylic acids is 2. The Morgan fingerprint density at radius 2 is 1.22 bits per heavy atom. The Bertz CT molecular complexity index is 1810. The summed E-state index contributed by atoms with van der Waals surface area (Å²) < 4.78 is 51.4. The highest BCUT2D eigenvalue weighted by molar-refractivity contribution is 5.91. The van der Waals surface area contributed by atoms with E-state index in [2.05, 4.69) is 16.7 Å². The molecule has 3 aromatic carbocycles. The fraction of sp³-hybridized carbons (Fsp3) is 0.535. The van der Waals surface area contributed by atoms with Gasteiger partial charge in [0.1, 0.15) is 13.2 Å². The van der Waals surface area contributed by atoms with Crippen molar-refractivity contribution in [3.8, 4) is 34.5 Å². The first-order chi connectivity index (χ1) is 28.7. The Kier molecular flexibility index (Phi) is 17.2. The SMILES string of the molecule is CCC1CCC(COc2cc(C(=O)OCCCN3CCCN(CCCOC(=O)c4cc(OC)c(OC)c(OC)c4)CC3)cc(OCc3ccc([N+](=O)[O-])cc3)c2OC)O1. The summed E-state index contributed by atoms with van der Waals surface area (Å²) >= 11 is 0. The molecule has 2 fully saturated rings. The van der Waals surface area contributed by atoms with Crippen LogP contribution in [-0.2, 0) is 20.8 Å². The van der Waals surface area contributed by atoms with Crippen LogP contribution in [0.5, 0.6) is 34.5 Å². The van der Waals surface area contributed by atoms with E-state index < -0.39 is 16.9 Å². The molecule has 0 spiro atoms.